The van der Waals surface area contributed by atoms with Crippen molar-refractivity contribution in [2.45, 2.75) is 26.0 Å². The zero-order chi connectivity index (χ0) is 23.6. The van der Waals surface area contributed by atoms with E-state index in [2.05, 4.69) is 9.80 Å². The largest absolute Gasteiger partial charge is 0.461 e. The van der Waals surface area contributed by atoms with Crippen molar-refractivity contribution in [3.05, 3.63) is 83.4 Å². The second-order valence-electron chi connectivity index (χ2n) is 8.37. The molecule has 1 aliphatic heterocycles. The lowest BCUT2D eigenvalue weighted by Crippen LogP contribution is -2.47. The van der Waals surface area contributed by atoms with E-state index in [4.69, 9.17) is 9.47 Å². The van der Waals surface area contributed by atoms with Gasteiger partial charge in [0.1, 0.15) is 18.2 Å². The fraction of sp³-hybridized carbons (Fsp3) is 0.423. The summed E-state index contributed by atoms with van der Waals surface area (Å²) < 4.78 is 37.3. The van der Waals surface area contributed by atoms with Crippen molar-refractivity contribution in [3.8, 4) is 0 Å². The summed E-state index contributed by atoms with van der Waals surface area (Å²) in [5.74, 6) is -0.894. The highest BCUT2D eigenvalue weighted by Crippen LogP contribution is 2.30. The van der Waals surface area contributed by atoms with Crippen molar-refractivity contribution in [2.24, 2.45) is 0 Å². The molecule has 1 heterocycles. The number of hydrogen-bond donors (Lipinski definition) is 0. The van der Waals surface area contributed by atoms with Crippen molar-refractivity contribution in [1.82, 2.24) is 9.80 Å². The van der Waals surface area contributed by atoms with Crippen molar-refractivity contribution in [2.75, 3.05) is 45.9 Å². The molecule has 0 amide bonds. The summed E-state index contributed by atoms with van der Waals surface area (Å²) in [6.07, 6.45) is 3.82. The van der Waals surface area contributed by atoms with Crippen LogP contribution in [0, 0.1) is 11.6 Å². The zero-order valence-electron chi connectivity index (χ0n) is 20.1. The molecule has 0 atom stereocenters. The number of piperazine rings is 1. The number of esters is 1. The van der Waals surface area contributed by atoms with Crippen LogP contribution in [0.5, 0.6) is 0 Å². The van der Waals surface area contributed by atoms with E-state index in [9.17, 15) is 13.6 Å². The predicted molar refractivity (Wildman–Crippen MR) is 138 cm³/mol. The van der Waals surface area contributed by atoms with Gasteiger partial charge in [0, 0.05) is 32.7 Å². The topological polar surface area (TPSA) is 42.0 Å². The molecular formula is C26H34Cl2F2N2O3. The number of hydrogen-bond acceptors (Lipinski definition) is 5. The predicted octanol–water partition coefficient (Wildman–Crippen LogP) is 5.04. The maximum atomic E-state index is 13.5. The maximum Gasteiger partial charge on any atom is 0.332 e. The van der Waals surface area contributed by atoms with Crippen LogP contribution in [0.25, 0.3) is 0 Å². The number of carbonyl (C=O) groups is 1. The second kappa shape index (κ2) is 15.9. The molecule has 35 heavy (non-hydrogen) atoms. The average molecular weight is 531 g/mol. The summed E-state index contributed by atoms with van der Waals surface area (Å²) in [4.78, 5) is 16.1. The van der Waals surface area contributed by atoms with E-state index < -0.39 is 0 Å². The summed E-state index contributed by atoms with van der Waals surface area (Å²) in [5, 5.41) is 0. The smallest absolute Gasteiger partial charge is 0.332 e. The molecule has 0 aliphatic carbocycles. The highest BCUT2D eigenvalue weighted by atomic mass is 35.5. The fourth-order valence-corrected chi connectivity index (χ4v) is 3.91. The Hall–Kier alpha value is -2.03. The molecule has 194 valence electrons. The van der Waals surface area contributed by atoms with Gasteiger partial charge < -0.3 is 9.47 Å². The minimum absolute atomic E-state index is 0. The van der Waals surface area contributed by atoms with Gasteiger partial charge in [-0.1, -0.05) is 36.4 Å². The van der Waals surface area contributed by atoms with Gasteiger partial charge in [-0.25, -0.2) is 13.6 Å². The first-order valence-electron chi connectivity index (χ1n) is 11.3. The number of benzene rings is 2. The van der Waals surface area contributed by atoms with Crippen molar-refractivity contribution in [1.29, 1.82) is 0 Å². The highest BCUT2D eigenvalue weighted by Gasteiger charge is 2.26. The molecule has 0 unspecified atom stereocenters. The molecular weight excluding hydrogens is 497 g/mol. The van der Waals surface area contributed by atoms with E-state index >= 15 is 0 Å². The van der Waals surface area contributed by atoms with Gasteiger partial charge in [-0.2, -0.15) is 0 Å². The molecule has 2 aromatic carbocycles. The van der Waals surface area contributed by atoms with E-state index in [0.717, 1.165) is 43.9 Å². The molecule has 1 fully saturated rings. The molecule has 9 heteroatoms. The number of ether oxygens (including phenoxy) is 2. The Morgan fingerprint density at radius 3 is 1.89 bits per heavy atom. The first-order valence-corrected chi connectivity index (χ1v) is 11.3. The van der Waals surface area contributed by atoms with Gasteiger partial charge in [-0.05, 0) is 49.2 Å². The van der Waals surface area contributed by atoms with Crippen LogP contribution in [0.2, 0.25) is 0 Å². The molecule has 5 nitrogen and oxygen atoms in total. The Labute approximate surface area is 218 Å². The number of rotatable bonds is 10. The van der Waals surface area contributed by atoms with E-state index in [-0.39, 0.29) is 61.2 Å². The SMILES string of the molecule is CC(C)OC(=O)COCC=CCN1CCN(C(c2ccc(F)cc2)c2ccc(F)cc2)CC1.Cl.Cl. The first kappa shape index (κ1) is 31.0. The molecule has 0 saturated carbocycles. The van der Waals surface area contributed by atoms with E-state index in [1.165, 1.54) is 24.3 Å². The van der Waals surface area contributed by atoms with Gasteiger partial charge in [-0.3, -0.25) is 9.80 Å². The molecule has 2 aromatic rings. The number of nitrogens with zero attached hydrogens (tertiary/aromatic N) is 2. The Balaban J connectivity index is 0.00000306. The molecule has 3 rings (SSSR count). The molecule has 0 N–H and O–H groups in total. The highest BCUT2D eigenvalue weighted by molar-refractivity contribution is 5.85. The van der Waals surface area contributed by atoms with E-state index in [0.29, 0.717) is 6.61 Å². The summed E-state index contributed by atoms with van der Waals surface area (Å²) in [6, 6.07) is 13.0. The van der Waals surface area contributed by atoms with Gasteiger partial charge in [0.25, 0.3) is 0 Å². The molecule has 1 saturated heterocycles. The molecule has 1 aliphatic rings. The van der Waals surface area contributed by atoms with Crippen molar-refractivity contribution < 1.29 is 23.0 Å². The number of carbonyl (C=O) groups excluding carboxylic acids is 1. The third kappa shape index (κ3) is 10.2. The minimum atomic E-state index is -0.355. The van der Waals surface area contributed by atoms with Crippen molar-refractivity contribution >= 4 is 30.8 Å². The lowest BCUT2D eigenvalue weighted by atomic mass is 9.96. The monoisotopic (exact) mass is 530 g/mol. The quantitative estimate of drug-likeness (QED) is 0.244. The first-order chi connectivity index (χ1) is 15.9. The Morgan fingerprint density at radius 1 is 0.886 bits per heavy atom. The Morgan fingerprint density at radius 2 is 1.40 bits per heavy atom. The van der Waals surface area contributed by atoms with Crippen LogP contribution < -0.4 is 0 Å². The second-order valence-corrected chi connectivity index (χ2v) is 8.37. The van der Waals surface area contributed by atoms with Gasteiger partial charge in [-0.15, -0.1) is 24.8 Å². The zero-order valence-corrected chi connectivity index (χ0v) is 21.7. The molecule has 0 spiro atoms. The van der Waals surface area contributed by atoms with E-state index in [1.807, 2.05) is 12.2 Å². The lowest BCUT2D eigenvalue weighted by Gasteiger charge is -2.39. The van der Waals surface area contributed by atoms with Crippen LogP contribution in [0.1, 0.15) is 31.0 Å². The maximum absolute atomic E-state index is 13.5. The standard InChI is InChI=1S/C26H32F2N2O3.2ClH/c1-20(2)33-25(31)19-32-18-4-3-13-29-14-16-30(17-15-29)26(21-5-9-23(27)10-6-21)22-7-11-24(28)12-8-22;;/h3-12,20,26H,13-19H2,1-2H3;2*1H. The van der Waals surface area contributed by atoms with Crippen LogP contribution in [0.15, 0.2) is 60.7 Å². The van der Waals surface area contributed by atoms with Gasteiger partial charge >= 0.3 is 5.97 Å². The van der Waals surface area contributed by atoms with Gasteiger partial charge in [0.05, 0.1) is 18.8 Å². The van der Waals surface area contributed by atoms with Crippen molar-refractivity contribution in [3.63, 3.8) is 0 Å². The van der Waals surface area contributed by atoms with Crippen LogP contribution in [0.4, 0.5) is 8.78 Å². The Kier molecular flexibility index (Phi) is 14.0. The minimum Gasteiger partial charge on any atom is -0.461 e. The van der Waals surface area contributed by atoms with Crippen LogP contribution >= 0.6 is 24.8 Å². The van der Waals surface area contributed by atoms with Gasteiger partial charge in [0.15, 0.2) is 0 Å². The molecule has 0 bridgehead atoms. The third-order valence-corrected chi connectivity index (χ3v) is 5.47. The third-order valence-electron chi connectivity index (χ3n) is 5.47. The normalized spacial score (nSPS) is 14.7. The Bertz CT molecular complexity index is 858. The average Bonchev–Trinajstić information content (AvgIpc) is 2.79. The summed E-state index contributed by atoms with van der Waals surface area (Å²) in [5.41, 5.74) is 1.98. The van der Waals surface area contributed by atoms with Crippen LogP contribution in [0.3, 0.4) is 0 Å². The molecule has 0 aromatic heterocycles. The molecule has 0 radical (unpaired) electrons. The van der Waals surface area contributed by atoms with Crippen LogP contribution in [-0.4, -0.2) is 67.8 Å². The summed E-state index contributed by atoms with van der Waals surface area (Å²) in [7, 11) is 0. The summed E-state index contributed by atoms with van der Waals surface area (Å²) in [6.45, 7) is 8.16. The van der Waals surface area contributed by atoms with E-state index in [1.54, 1.807) is 38.1 Å². The summed E-state index contributed by atoms with van der Waals surface area (Å²) >= 11 is 0. The van der Waals surface area contributed by atoms with Gasteiger partial charge in [0.2, 0.25) is 0 Å². The lowest BCUT2D eigenvalue weighted by molar-refractivity contribution is -0.152. The number of halogens is 4. The fourth-order valence-electron chi connectivity index (χ4n) is 3.91. The van der Waals surface area contributed by atoms with Crippen LogP contribution in [-0.2, 0) is 14.3 Å².